The Kier molecular flexibility index (Phi) is 4.49. The molecule has 6 heteroatoms. The second kappa shape index (κ2) is 6.13. The molecule has 2 bridgehead atoms. The minimum atomic E-state index is -3.37. The van der Waals surface area contributed by atoms with E-state index in [0.717, 1.165) is 25.7 Å². The van der Waals surface area contributed by atoms with Gasteiger partial charge in [0.25, 0.3) is 5.92 Å². The fraction of sp³-hybridized carbons (Fsp3) is 0.588. The van der Waals surface area contributed by atoms with Crippen molar-refractivity contribution in [3.8, 4) is 0 Å². The number of alkyl halides is 2. The highest BCUT2D eigenvalue weighted by molar-refractivity contribution is 9.10. The van der Waals surface area contributed by atoms with Crippen molar-refractivity contribution in [2.75, 3.05) is 0 Å². The first kappa shape index (κ1) is 16.8. The van der Waals surface area contributed by atoms with E-state index in [9.17, 15) is 13.6 Å². The van der Waals surface area contributed by atoms with E-state index in [-0.39, 0.29) is 17.6 Å². The Hall–Kier alpha value is -1.01. The Morgan fingerprint density at radius 1 is 1.26 bits per heavy atom. The number of halogens is 3. The van der Waals surface area contributed by atoms with Crippen molar-refractivity contribution < 1.29 is 13.6 Å². The topological polar surface area (TPSA) is 46.3 Å². The maximum absolute atomic E-state index is 14.7. The molecule has 2 aliphatic heterocycles. The smallest absolute Gasteiger partial charge is 0.296 e. The van der Waals surface area contributed by atoms with Crippen molar-refractivity contribution in [3.05, 3.63) is 34.3 Å². The summed E-state index contributed by atoms with van der Waals surface area (Å²) >= 11 is 3.22. The number of nitrogens with zero attached hydrogens (tertiary/aromatic N) is 1. The maximum Gasteiger partial charge on any atom is 0.296 e. The van der Waals surface area contributed by atoms with Crippen molar-refractivity contribution in [2.45, 2.75) is 56.7 Å². The summed E-state index contributed by atoms with van der Waals surface area (Å²) < 4.78 is 30.0. The zero-order valence-electron chi connectivity index (χ0n) is 13.0. The van der Waals surface area contributed by atoms with Crippen LogP contribution in [0, 0.1) is 5.92 Å². The lowest BCUT2D eigenvalue weighted by Gasteiger charge is -2.40. The van der Waals surface area contributed by atoms with E-state index in [1.165, 1.54) is 24.3 Å². The van der Waals surface area contributed by atoms with Crippen LogP contribution in [0.3, 0.4) is 0 Å². The van der Waals surface area contributed by atoms with E-state index in [4.69, 9.17) is 5.73 Å². The van der Waals surface area contributed by atoms with Crippen molar-refractivity contribution in [1.29, 1.82) is 0 Å². The molecule has 0 aromatic heterocycles. The lowest BCUT2D eigenvalue weighted by atomic mass is 9.91. The van der Waals surface area contributed by atoms with Gasteiger partial charge in [0.1, 0.15) is 0 Å². The summed E-state index contributed by atoms with van der Waals surface area (Å²) in [5.74, 6) is -3.45. The summed E-state index contributed by atoms with van der Waals surface area (Å²) in [4.78, 5) is 14.3. The molecule has 2 heterocycles. The van der Waals surface area contributed by atoms with Crippen molar-refractivity contribution in [3.63, 3.8) is 0 Å². The molecule has 23 heavy (non-hydrogen) atoms. The van der Waals surface area contributed by atoms with Crippen LogP contribution in [0.25, 0.3) is 0 Å². The molecule has 1 amide bonds. The third-order valence-electron chi connectivity index (χ3n) is 5.11. The Labute approximate surface area is 143 Å². The number of hydrogen-bond acceptors (Lipinski definition) is 2. The van der Waals surface area contributed by atoms with Crippen LogP contribution in [-0.2, 0) is 10.7 Å². The molecule has 0 saturated carbocycles. The van der Waals surface area contributed by atoms with Crippen LogP contribution in [0.1, 0.15) is 38.2 Å². The van der Waals surface area contributed by atoms with Crippen molar-refractivity contribution >= 4 is 21.8 Å². The number of amides is 1. The van der Waals surface area contributed by atoms with Crippen LogP contribution in [0.4, 0.5) is 8.78 Å². The quantitative estimate of drug-likeness (QED) is 0.861. The predicted octanol–water partition coefficient (Wildman–Crippen LogP) is 3.66. The molecule has 3 atom stereocenters. The van der Waals surface area contributed by atoms with Crippen LogP contribution < -0.4 is 5.73 Å². The normalized spacial score (nSPS) is 28.7. The first-order valence-electron chi connectivity index (χ1n) is 8.02. The van der Waals surface area contributed by atoms with Gasteiger partial charge in [0, 0.05) is 22.1 Å². The zero-order chi connectivity index (χ0) is 16.8. The van der Waals surface area contributed by atoms with Crippen LogP contribution in [0.15, 0.2) is 28.7 Å². The van der Waals surface area contributed by atoms with E-state index in [0.29, 0.717) is 10.4 Å². The van der Waals surface area contributed by atoms with E-state index in [1.54, 1.807) is 4.90 Å². The van der Waals surface area contributed by atoms with Crippen molar-refractivity contribution in [2.24, 2.45) is 11.7 Å². The van der Waals surface area contributed by atoms with E-state index < -0.39 is 17.9 Å². The second-order valence-corrected chi connectivity index (χ2v) is 7.73. The van der Waals surface area contributed by atoms with Crippen LogP contribution >= 0.6 is 15.9 Å². The van der Waals surface area contributed by atoms with Gasteiger partial charge in [0.05, 0.1) is 0 Å². The molecule has 2 saturated heterocycles. The number of benzene rings is 1. The number of hydrogen-bond donors (Lipinski definition) is 1. The molecule has 1 aromatic carbocycles. The molecule has 0 aliphatic carbocycles. The molecule has 0 spiro atoms. The van der Waals surface area contributed by atoms with Gasteiger partial charge in [0.2, 0.25) is 5.91 Å². The molecule has 0 radical (unpaired) electrons. The van der Waals surface area contributed by atoms with Gasteiger partial charge in [-0.1, -0.05) is 35.0 Å². The Balaban J connectivity index is 1.80. The fourth-order valence-corrected chi connectivity index (χ4v) is 4.24. The summed E-state index contributed by atoms with van der Waals surface area (Å²) in [6, 6.07) is 4.00. The number of carbonyl (C=O) groups is 1. The Bertz CT molecular complexity index is 579. The van der Waals surface area contributed by atoms with Gasteiger partial charge in [-0.05, 0) is 43.7 Å². The standard InChI is InChI=1S/C17H21BrF2N2O/c1-10-8-13-6-7-14(9-10)22(13)16(23)15(21)17(19,20)11-2-4-12(18)5-3-11/h2-5,10,13-15H,6-9,21H2,1H3. The summed E-state index contributed by atoms with van der Waals surface area (Å²) in [5.41, 5.74) is 5.51. The lowest BCUT2D eigenvalue weighted by Crippen LogP contribution is -2.57. The minimum absolute atomic E-state index is 0.0722. The molecule has 2 fully saturated rings. The minimum Gasteiger partial charge on any atom is -0.335 e. The number of carbonyl (C=O) groups excluding carboxylic acids is 1. The lowest BCUT2D eigenvalue weighted by molar-refractivity contribution is -0.148. The van der Waals surface area contributed by atoms with E-state index in [2.05, 4.69) is 22.9 Å². The van der Waals surface area contributed by atoms with E-state index in [1.807, 2.05) is 0 Å². The SMILES string of the molecule is CC1CC2CCC(C1)N2C(=O)C(N)C(F)(F)c1ccc(Br)cc1. The molecule has 1 aromatic rings. The molecule has 2 N–H and O–H groups in total. The second-order valence-electron chi connectivity index (χ2n) is 6.81. The molecule has 3 rings (SSSR count). The molecule has 3 unspecified atom stereocenters. The number of nitrogens with two attached hydrogens (primary N) is 1. The predicted molar refractivity (Wildman–Crippen MR) is 88.1 cm³/mol. The fourth-order valence-electron chi connectivity index (χ4n) is 3.98. The summed E-state index contributed by atoms with van der Waals surface area (Å²) in [5, 5.41) is 0. The van der Waals surface area contributed by atoms with Gasteiger partial charge in [-0.2, -0.15) is 8.78 Å². The molecule has 3 nitrogen and oxygen atoms in total. The maximum atomic E-state index is 14.7. The molecular weight excluding hydrogens is 366 g/mol. The first-order chi connectivity index (χ1) is 10.8. The van der Waals surface area contributed by atoms with Gasteiger partial charge >= 0.3 is 0 Å². The summed E-state index contributed by atoms with van der Waals surface area (Å²) in [7, 11) is 0. The number of rotatable bonds is 3. The highest BCUT2D eigenvalue weighted by atomic mass is 79.9. The van der Waals surface area contributed by atoms with Gasteiger partial charge in [-0.3, -0.25) is 4.79 Å². The third-order valence-corrected chi connectivity index (χ3v) is 5.64. The average molecular weight is 387 g/mol. The average Bonchev–Trinajstić information content (AvgIpc) is 2.78. The largest absolute Gasteiger partial charge is 0.335 e. The van der Waals surface area contributed by atoms with Crippen LogP contribution in [0.5, 0.6) is 0 Å². The summed E-state index contributed by atoms with van der Waals surface area (Å²) in [6.45, 7) is 2.16. The molecule has 2 aliphatic rings. The van der Waals surface area contributed by atoms with Gasteiger partial charge < -0.3 is 10.6 Å². The highest BCUT2D eigenvalue weighted by Gasteiger charge is 2.50. The number of piperidine rings is 1. The van der Waals surface area contributed by atoms with Crippen LogP contribution in [-0.4, -0.2) is 28.9 Å². The monoisotopic (exact) mass is 386 g/mol. The number of fused-ring (bicyclic) bond motifs is 2. The highest BCUT2D eigenvalue weighted by Crippen LogP contribution is 2.40. The molecular formula is C17H21BrF2N2O. The first-order valence-corrected chi connectivity index (χ1v) is 8.81. The van der Waals surface area contributed by atoms with Gasteiger partial charge in [-0.25, -0.2) is 0 Å². The van der Waals surface area contributed by atoms with Crippen LogP contribution in [0.2, 0.25) is 0 Å². The van der Waals surface area contributed by atoms with E-state index >= 15 is 0 Å². The third kappa shape index (κ3) is 3.03. The Morgan fingerprint density at radius 2 is 1.78 bits per heavy atom. The van der Waals surface area contributed by atoms with Gasteiger partial charge in [-0.15, -0.1) is 0 Å². The molecule has 126 valence electrons. The Morgan fingerprint density at radius 3 is 2.30 bits per heavy atom. The van der Waals surface area contributed by atoms with Crippen molar-refractivity contribution in [1.82, 2.24) is 4.90 Å². The summed E-state index contributed by atoms with van der Waals surface area (Å²) in [6.07, 6.45) is 3.58. The van der Waals surface area contributed by atoms with Gasteiger partial charge in [0.15, 0.2) is 6.04 Å². The zero-order valence-corrected chi connectivity index (χ0v) is 14.6.